The summed E-state index contributed by atoms with van der Waals surface area (Å²) in [6, 6.07) is 10.6. The van der Waals surface area contributed by atoms with Crippen molar-refractivity contribution in [2.24, 2.45) is 5.92 Å². The topological polar surface area (TPSA) is 58.6 Å². The van der Waals surface area contributed by atoms with Crippen molar-refractivity contribution in [1.29, 1.82) is 0 Å². The molecule has 5 nitrogen and oxygen atoms in total. The van der Waals surface area contributed by atoms with Crippen LogP contribution < -0.4 is 5.32 Å². The Morgan fingerprint density at radius 2 is 1.88 bits per heavy atom. The molecule has 1 aromatic carbocycles. The van der Waals surface area contributed by atoms with Crippen molar-refractivity contribution in [3.05, 3.63) is 35.9 Å². The van der Waals surface area contributed by atoms with Crippen molar-refractivity contribution >= 4 is 11.8 Å². The van der Waals surface area contributed by atoms with Crippen LogP contribution in [-0.2, 0) is 14.3 Å². The predicted octanol–water partition coefficient (Wildman–Crippen LogP) is 2.32. The molecule has 2 fully saturated rings. The van der Waals surface area contributed by atoms with Gasteiger partial charge in [-0.1, -0.05) is 30.3 Å². The van der Waals surface area contributed by atoms with E-state index in [1.54, 1.807) is 0 Å². The summed E-state index contributed by atoms with van der Waals surface area (Å²) in [7, 11) is 0. The van der Waals surface area contributed by atoms with Gasteiger partial charge >= 0.3 is 0 Å². The van der Waals surface area contributed by atoms with E-state index in [2.05, 4.69) is 35.6 Å². The van der Waals surface area contributed by atoms with Gasteiger partial charge in [-0.25, -0.2) is 0 Å². The summed E-state index contributed by atoms with van der Waals surface area (Å²) in [4.78, 5) is 25.8. The standard InChI is InChI=1S/C20H28N2O3/c1-15(23)21-13-19-14-22(11-12-25-19)20(24)18-9-7-17(8-10-18)16-5-3-2-4-6-16/h2-6,17-19H,7-14H2,1H3,(H,21,23). The van der Waals surface area contributed by atoms with Crippen molar-refractivity contribution in [3.63, 3.8) is 0 Å². The van der Waals surface area contributed by atoms with Gasteiger partial charge in [-0.15, -0.1) is 0 Å². The van der Waals surface area contributed by atoms with Gasteiger partial charge in [0.05, 0.1) is 12.7 Å². The Bertz CT molecular complexity index is 582. The van der Waals surface area contributed by atoms with Gasteiger partial charge in [0.15, 0.2) is 0 Å². The average molecular weight is 344 g/mol. The Kier molecular flexibility index (Phi) is 6.08. The zero-order chi connectivity index (χ0) is 17.6. The number of carbonyl (C=O) groups is 2. The van der Waals surface area contributed by atoms with E-state index >= 15 is 0 Å². The molecule has 0 radical (unpaired) electrons. The molecular weight excluding hydrogens is 316 g/mol. The lowest BCUT2D eigenvalue weighted by atomic mass is 9.78. The molecule has 2 aliphatic rings. The summed E-state index contributed by atoms with van der Waals surface area (Å²) in [6.45, 7) is 3.76. The fourth-order valence-electron chi connectivity index (χ4n) is 3.96. The molecule has 2 amide bonds. The molecule has 1 saturated heterocycles. The van der Waals surface area contributed by atoms with Gasteiger partial charge in [0.2, 0.25) is 11.8 Å². The molecule has 0 aromatic heterocycles. The number of benzene rings is 1. The summed E-state index contributed by atoms with van der Waals surface area (Å²) < 4.78 is 5.66. The maximum Gasteiger partial charge on any atom is 0.225 e. The van der Waals surface area contributed by atoms with Crippen LogP contribution in [0.5, 0.6) is 0 Å². The summed E-state index contributed by atoms with van der Waals surface area (Å²) in [6.07, 6.45) is 4.00. The van der Waals surface area contributed by atoms with Gasteiger partial charge in [0, 0.05) is 32.5 Å². The first-order valence-electron chi connectivity index (χ1n) is 9.33. The molecule has 0 bridgehead atoms. The fraction of sp³-hybridized carbons (Fsp3) is 0.600. The van der Waals surface area contributed by atoms with Crippen molar-refractivity contribution < 1.29 is 14.3 Å². The first kappa shape index (κ1) is 17.9. The molecule has 25 heavy (non-hydrogen) atoms. The number of nitrogens with one attached hydrogen (secondary N) is 1. The third-order valence-electron chi connectivity index (χ3n) is 5.38. The lowest BCUT2D eigenvalue weighted by Gasteiger charge is -2.37. The maximum atomic E-state index is 12.9. The smallest absolute Gasteiger partial charge is 0.225 e. The van der Waals surface area contributed by atoms with Gasteiger partial charge in [-0.2, -0.15) is 0 Å². The highest BCUT2D eigenvalue weighted by Gasteiger charge is 2.32. The summed E-state index contributed by atoms with van der Waals surface area (Å²) in [5.41, 5.74) is 1.40. The van der Waals surface area contributed by atoms with Crippen LogP contribution in [0.4, 0.5) is 0 Å². The van der Waals surface area contributed by atoms with E-state index in [1.165, 1.54) is 12.5 Å². The zero-order valence-corrected chi connectivity index (χ0v) is 14.9. The molecule has 1 aromatic rings. The highest BCUT2D eigenvalue weighted by atomic mass is 16.5. The SMILES string of the molecule is CC(=O)NCC1CN(C(=O)C2CCC(c3ccccc3)CC2)CCO1. The molecule has 1 N–H and O–H groups in total. The average Bonchev–Trinajstić information content (AvgIpc) is 2.67. The lowest BCUT2D eigenvalue weighted by molar-refractivity contribution is -0.144. The zero-order valence-electron chi connectivity index (χ0n) is 14.9. The van der Waals surface area contributed by atoms with Gasteiger partial charge in [0.25, 0.3) is 0 Å². The Balaban J connectivity index is 1.49. The van der Waals surface area contributed by atoms with E-state index in [9.17, 15) is 9.59 Å². The Morgan fingerprint density at radius 1 is 1.16 bits per heavy atom. The van der Waals surface area contributed by atoms with E-state index in [0.717, 1.165) is 25.7 Å². The maximum absolute atomic E-state index is 12.9. The molecule has 136 valence electrons. The number of carbonyl (C=O) groups excluding carboxylic acids is 2. The molecule has 1 unspecified atom stereocenters. The number of morpholine rings is 1. The minimum absolute atomic E-state index is 0.0636. The first-order valence-corrected chi connectivity index (χ1v) is 9.33. The highest BCUT2D eigenvalue weighted by Crippen LogP contribution is 2.36. The van der Waals surface area contributed by atoms with E-state index in [0.29, 0.717) is 32.2 Å². The van der Waals surface area contributed by atoms with Crippen LogP contribution in [0.1, 0.15) is 44.1 Å². The molecule has 1 aliphatic heterocycles. The van der Waals surface area contributed by atoms with Crippen molar-refractivity contribution in [1.82, 2.24) is 10.2 Å². The molecule has 1 saturated carbocycles. The lowest BCUT2D eigenvalue weighted by Crippen LogP contribution is -2.51. The Hall–Kier alpha value is -1.88. The van der Waals surface area contributed by atoms with Crippen LogP contribution >= 0.6 is 0 Å². The molecular formula is C20H28N2O3. The van der Waals surface area contributed by atoms with Crippen LogP contribution in [0, 0.1) is 5.92 Å². The summed E-state index contributed by atoms with van der Waals surface area (Å²) >= 11 is 0. The van der Waals surface area contributed by atoms with Crippen LogP contribution in [0.2, 0.25) is 0 Å². The van der Waals surface area contributed by atoms with Gasteiger partial charge in [-0.05, 0) is 37.2 Å². The molecule has 5 heteroatoms. The molecule has 3 rings (SSSR count). The number of amides is 2. The normalized spacial score (nSPS) is 26.9. The Labute approximate surface area is 149 Å². The molecule has 1 atom stereocenters. The van der Waals surface area contributed by atoms with E-state index in [4.69, 9.17) is 4.74 Å². The largest absolute Gasteiger partial charge is 0.373 e. The number of hydrogen-bond donors (Lipinski definition) is 1. The van der Waals surface area contributed by atoms with Gasteiger partial charge in [-0.3, -0.25) is 9.59 Å². The second-order valence-electron chi connectivity index (χ2n) is 7.17. The van der Waals surface area contributed by atoms with Crippen LogP contribution in [-0.4, -0.2) is 49.1 Å². The minimum atomic E-state index is -0.0951. The highest BCUT2D eigenvalue weighted by molar-refractivity contribution is 5.79. The third-order valence-corrected chi connectivity index (χ3v) is 5.38. The first-order chi connectivity index (χ1) is 12.1. The summed E-state index contributed by atoms with van der Waals surface area (Å²) in [5.74, 6) is 0.927. The minimum Gasteiger partial charge on any atom is -0.373 e. The van der Waals surface area contributed by atoms with Crippen LogP contribution in [0.3, 0.4) is 0 Å². The number of ether oxygens (including phenoxy) is 1. The van der Waals surface area contributed by atoms with E-state index in [-0.39, 0.29) is 23.8 Å². The molecule has 1 heterocycles. The fourth-order valence-corrected chi connectivity index (χ4v) is 3.96. The van der Waals surface area contributed by atoms with Gasteiger partial charge < -0.3 is 15.0 Å². The third kappa shape index (κ3) is 4.82. The van der Waals surface area contributed by atoms with Crippen LogP contribution in [0.25, 0.3) is 0 Å². The van der Waals surface area contributed by atoms with Crippen molar-refractivity contribution in [2.45, 2.75) is 44.6 Å². The van der Waals surface area contributed by atoms with E-state index < -0.39 is 0 Å². The van der Waals surface area contributed by atoms with Crippen molar-refractivity contribution in [3.8, 4) is 0 Å². The predicted molar refractivity (Wildman–Crippen MR) is 96.1 cm³/mol. The Morgan fingerprint density at radius 3 is 2.56 bits per heavy atom. The van der Waals surface area contributed by atoms with Gasteiger partial charge in [0.1, 0.15) is 0 Å². The number of rotatable bonds is 4. The monoisotopic (exact) mass is 344 g/mol. The quantitative estimate of drug-likeness (QED) is 0.912. The van der Waals surface area contributed by atoms with Crippen LogP contribution in [0.15, 0.2) is 30.3 Å². The molecule has 0 spiro atoms. The number of hydrogen-bond acceptors (Lipinski definition) is 3. The van der Waals surface area contributed by atoms with Crippen molar-refractivity contribution in [2.75, 3.05) is 26.2 Å². The second kappa shape index (κ2) is 8.48. The number of nitrogens with zero attached hydrogens (tertiary/aromatic N) is 1. The van der Waals surface area contributed by atoms with E-state index in [1.807, 2.05) is 4.90 Å². The second-order valence-corrected chi connectivity index (χ2v) is 7.17. The molecule has 1 aliphatic carbocycles. The summed E-state index contributed by atoms with van der Waals surface area (Å²) in [5, 5.41) is 2.78.